The van der Waals surface area contributed by atoms with Crippen molar-refractivity contribution < 1.29 is 14.2 Å². The van der Waals surface area contributed by atoms with Crippen molar-refractivity contribution in [2.45, 2.75) is 12.5 Å². The predicted octanol–water partition coefficient (Wildman–Crippen LogP) is 4.11. The number of aliphatic hydroxyl groups is 1. The van der Waals surface area contributed by atoms with Gasteiger partial charge >= 0.3 is 0 Å². The molecule has 106 valence electrons. The van der Waals surface area contributed by atoms with Crippen molar-refractivity contribution in [2.75, 3.05) is 6.61 Å². The highest BCUT2D eigenvalue weighted by Gasteiger charge is 2.10. The van der Waals surface area contributed by atoms with Crippen molar-refractivity contribution in [3.05, 3.63) is 63.9 Å². The van der Waals surface area contributed by atoms with E-state index in [4.69, 9.17) is 27.9 Å². The number of benzene rings is 2. The number of rotatable bonds is 5. The van der Waals surface area contributed by atoms with Crippen molar-refractivity contribution in [1.82, 2.24) is 0 Å². The van der Waals surface area contributed by atoms with E-state index >= 15 is 0 Å². The maximum absolute atomic E-state index is 13.1. The minimum absolute atomic E-state index is 0.0917. The second kappa shape index (κ2) is 6.93. The van der Waals surface area contributed by atoms with Gasteiger partial charge in [0.05, 0.1) is 6.10 Å². The van der Waals surface area contributed by atoms with Gasteiger partial charge in [0.15, 0.2) is 0 Å². The predicted molar refractivity (Wildman–Crippen MR) is 78.1 cm³/mol. The summed E-state index contributed by atoms with van der Waals surface area (Å²) in [6.07, 6.45) is -0.547. The number of aliphatic hydroxyl groups excluding tert-OH is 1. The van der Waals surface area contributed by atoms with Crippen LogP contribution in [0.15, 0.2) is 42.5 Å². The zero-order valence-corrected chi connectivity index (χ0v) is 12.0. The maximum Gasteiger partial charge on any atom is 0.123 e. The van der Waals surface area contributed by atoms with Crippen molar-refractivity contribution in [1.29, 1.82) is 0 Å². The van der Waals surface area contributed by atoms with Crippen molar-refractivity contribution in [3.63, 3.8) is 0 Å². The molecule has 0 radical (unpaired) electrons. The molecule has 1 N–H and O–H groups in total. The lowest BCUT2D eigenvalue weighted by Crippen LogP contribution is -2.20. The molecule has 0 aromatic heterocycles. The number of hydrogen-bond acceptors (Lipinski definition) is 2. The first-order chi connectivity index (χ1) is 9.54. The molecule has 0 aliphatic rings. The molecule has 0 saturated carbocycles. The first-order valence-electron chi connectivity index (χ1n) is 6.05. The molecule has 2 aromatic carbocycles. The zero-order valence-electron chi connectivity index (χ0n) is 10.5. The van der Waals surface area contributed by atoms with Gasteiger partial charge in [-0.2, -0.15) is 0 Å². The number of hydrogen-bond donors (Lipinski definition) is 1. The van der Waals surface area contributed by atoms with Gasteiger partial charge in [-0.05, 0) is 48.0 Å². The van der Waals surface area contributed by atoms with E-state index in [-0.39, 0.29) is 18.8 Å². The summed E-state index contributed by atoms with van der Waals surface area (Å²) in [6.45, 7) is 0.0917. The minimum Gasteiger partial charge on any atom is -0.491 e. The fourth-order valence-corrected chi connectivity index (χ4v) is 2.06. The molecule has 1 unspecified atom stereocenters. The Hall–Kier alpha value is -1.29. The van der Waals surface area contributed by atoms with Crippen LogP contribution >= 0.6 is 23.2 Å². The molecular weight excluding hydrogens is 302 g/mol. The maximum atomic E-state index is 13.1. The summed E-state index contributed by atoms with van der Waals surface area (Å²) in [5.41, 5.74) is 0.555. The lowest BCUT2D eigenvalue weighted by atomic mass is 10.1. The van der Waals surface area contributed by atoms with E-state index in [0.29, 0.717) is 21.4 Å². The molecule has 20 heavy (non-hydrogen) atoms. The highest BCUT2D eigenvalue weighted by Crippen LogP contribution is 2.20. The normalized spacial score (nSPS) is 12.2. The molecular formula is C15H13Cl2FO2. The Morgan fingerprint density at radius 1 is 1.10 bits per heavy atom. The Morgan fingerprint density at radius 3 is 2.50 bits per heavy atom. The number of halogens is 3. The largest absolute Gasteiger partial charge is 0.491 e. The van der Waals surface area contributed by atoms with Crippen LogP contribution in [0.2, 0.25) is 10.0 Å². The summed E-state index contributed by atoms with van der Waals surface area (Å²) in [5.74, 6) is 0.231. The van der Waals surface area contributed by atoms with Gasteiger partial charge in [0.25, 0.3) is 0 Å². The van der Waals surface area contributed by atoms with Gasteiger partial charge in [0, 0.05) is 16.5 Å². The summed E-state index contributed by atoms with van der Waals surface area (Å²) in [5, 5.41) is 10.9. The average molecular weight is 315 g/mol. The zero-order chi connectivity index (χ0) is 14.5. The van der Waals surface area contributed by atoms with Crippen molar-refractivity contribution in [3.8, 4) is 5.75 Å². The van der Waals surface area contributed by atoms with E-state index in [2.05, 4.69) is 0 Å². The van der Waals surface area contributed by atoms with Crippen LogP contribution in [0.1, 0.15) is 5.56 Å². The molecule has 0 saturated heterocycles. The lowest BCUT2D eigenvalue weighted by Gasteiger charge is -2.13. The van der Waals surface area contributed by atoms with E-state index in [1.165, 1.54) is 18.2 Å². The fraction of sp³-hybridized carbons (Fsp3) is 0.200. The van der Waals surface area contributed by atoms with E-state index in [1.807, 2.05) is 0 Å². The third-order valence-corrected chi connectivity index (χ3v) is 3.34. The summed E-state index contributed by atoms with van der Waals surface area (Å²) < 4.78 is 18.5. The third kappa shape index (κ3) is 4.37. The summed E-state index contributed by atoms with van der Waals surface area (Å²) >= 11 is 11.7. The SMILES string of the molecule is OC(COc1ccc(Cl)cc1)Cc1cc(F)ccc1Cl. The van der Waals surface area contributed by atoms with Gasteiger partial charge in [-0.3, -0.25) is 0 Å². The quantitative estimate of drug-likeness (QED) is 0.899. The lowest BCUT2D eigenvalue weighted by molar-refractivity contribution is 0.107. The molecule has 0 amide bonds. The Bertz CT molecular complexity index is 573. The van der Waals surface area contributed by atoms with Crippen LogP contribution in [0.25, 0.3) is 0 Å². The van der Waals surface area contributed by atoms with Gasteiger partial charge < -0.3 is 9.84 Å². The van der Waals surface area contributed by atoms with Crippen molar-refractivity contribution >= 4 is 23.2 Å². The van der Waals surface area contributed by atoms with Crippen LogP contribution in [-0.4, -0.2) is 17.8 Å². The summed E-state index contributed by atoms with van der Waals surface area (Å²) in [7, 11) is 0. The molecule has 0 bridgehead atoms. The van der Waals surface area contributed by atoms with E-state index in [0.717, 1.165) is 0 Å². The molecule has 5 heteroatoms. The second-order valence-corrected chi connectivity index (χ2v) is 5.20. The van der Waals surface area contributed by atoms with Crippen LogP contribution in [0.4, 0.5) is 4.39 Å². The molecule has 0 fully saturated rings. The summed E-state index contributed by atoms with van der Waals surface area (Å²) in [4.78, 5) is 0. The fourth-order valence-electron chi connectivity index (χ4n) is 1.74. The Labute approximate surface area is 126 Å². The average Bonchev–Trinajstić information content (AvgIpc) is 2.42. The Balaban J connectivity index is 1.90. The molecule has 2 aromatic rings. The minimum atomic E-state index is -0.773. The Kier molecular flexibility index (Phi) is 5.24. The first-order valence-corrected chi connectivity index (χ1v) is 6.80. The summed E-state index contributed by atoms with van der Waals surface area (Å²) in [6, 6.07) is 10.9. The standard InChI is InChI=1S/C15H13Cl2FO2/c16-11-1-4-14(5-2-11)20-9-13(19)8-10-7-12(18)3-6-15(10)17/h1-7,13,19H,8-9H2. The molecule has 0 aliphatic heterocycles. The van der Waals surface area contributed by atoms with Gasteiger partial charge in [0.1, 0.15) is 18.2 Å². The van der Waals surface area contributed by atoms with Crippen LogP contribution in [0.5, 0.6) is 5.75 Å². The van der Waals surface area contributed by atoms with Crippen LogP contribution < -0.4 is 4.74 Å². The molecule has 1 atom stereocenters. The first kappa shape index (κ1) is 15.1. The highest BCUT2D eigenvalue weighted by molar-refractivity contribution is 6.31. The van der Waals surface area contributed by atoms with E-state index in [1.54, 1.807) is 24.3 Å². The number of ether oxygens (including phenoxy) is 1. The van der Waals surface area contributed by atoms with Crippen LogP contribution in [0, 0.1) is 5.82 Å². The smallest absolute Gasteiger partial charge is 0.123 e. The molecule has 2 nitrogen and oxygen atoms in total. The molecule has 0 aliphatic carbocycles. The van der Waals surface area contributed by atoms with Crippen LogP contribution in [-0.2, 0) is 6.42 Å². The van der Waals surface area contributed by atoms with Gasteiger partial charge in [-0.25, -0.2) is 4.39 Å². The molecule has 0 heterocycles. The third-order valence-electron chi connectivity index (χ3n) is 2.72. The monoisotopic (exact) mass is 314 g/mol. The molecule has 0 spiro atoms. The van der Waals surface area contributed by atoms with E-state index < -0.39 is 6.10 Å². The Morgan fingerprint density at radius 2 is 1.80 bits per heavy atom. The highest BCUT2D eigenvalue weighted by atomic mass is 35.5. The van der Waals surface area contributed by atoms with Crippen LogP contribution in [0.3, 0.4) is 0 Å². The van der Waals surface area contributed by atoms with E-state index in [9.17, 15) is 9.50 Å². The van der Waals surface area contributed by atoms with Crippen molar-refractivity contribution in [2.24, 2.45) is 0 Å². The topological polar surface area (TPSA) is 29.5 Å². The second-order valence-electron chi connectivity index (χ2n) is 4.36. The van der Waals surface area contributed by atoms with Gasteiger partial charge in [-0.15, -0.1) is 0 Å². The molecule has 2 rings (SSSR count). The van der Waals surface area contributed by atoms with Gasteiger partial charge in [-0.1, -0.05) is 23.2 Å². The van der Waals surface area contributed by atoms with Gasteiger partial charge in [0.2, 0.25) is 0 Å².